The number of fused-ring (bicyclic) bond motifs is 2. The molecule has 4 atom stereocenters. The third kappa shape index (κ3) is 2.40. The highest BCUT2D eigenvalue weighted by Gasteiger charge is 2.63. The lowest BCUT2D eigenvalue weighted by Gasteiger charge is -2.55. The Bertz CT molecular complexity index is 754. The number of carbonyl (C=O) groups excluding carboxylic acids is 2. The minimum absolute atomic E-state index is 0.0966. The molecular weight excluding hydrogens is 320 g/mol. The van der Waals surface area contributed by atoms with Crippen molar-refractivity contribution in [2.45, 2.75) is 65.6 Å². The van der Waals surface area contributed by atoms with Gasteiger partial charge < -0.3 is 14.3 Å². The minimum atomic E-state index is -1.12. The van der Waals surface area contributed by atoms with E-state index in [-0.39, 0.29) is 11.5 Å². The van der Waals surface area contributed by atoms with Gasteiger partial charge in [-0.25, -0.2) is 4.79 Å². The van der Waals surface area contributed by atoms with E-state index in [4.69, 9.17) is 9.15 Å². The number of carbonyl (C=O) groups is 2. The van der Waals surface area contributed by atoms with E-state index in [1.165, 1.54) is 6.26 Å². The maximum absolute atomic E-state index is 13.0. The van der Waals surface area contributed by atoms with Gasteiger partial charge in [0.2, 0.25) is 5.78 Å². The largest absolute Gasteiger partial charge is 0.461 e. The normalized spacial score (nSPS) is 35.1. The zero-order chi connectivity index (χ0) is 18.6. The molecule has 1 aromatic heterocycles. The molecule has 1 fully saturated rings. The van der Waals surface area contributed by atoms with Crippen molar-refractivity contribution in [1.82, 2.24) is 0 Å². The second-order valence-corrected chi connectivity index (χ2v) is 7.78. The van der Waals surface area contributed by atoms with Gasteiger partial charge in [0.15, 0.2) is 5.76 Å². The minimum Gasteiger partial charge on any atom is -0.461 e. The van der Waals surface area contributed by atoms with Gasteiger partial charge in [-0.05, 0) is 52.5 Å². The number of allylic oxidation sites excluding steroid dienone is 1. The Kier molecular flexibility index (Phi) is 4.18. The van der Waals surface area contributed by atoms with Crippen molar-refractivity contribution in [1.29, 1.82) is 0 Å². The van der Waals surface area contributed by atoms with Gasteiger partial charge in [-0.1, -0.05) is 13.0 Å². The lowest BCUT2D eigenvalue weighted by molar-refractivity contribution is -0.194. The first kappa shape index (κ1) is 17.9. The molecule has 0 bridgehead atoms. The van der Waals surface area contributed by atoms with Crippen molar-refractivity contribution in [2.75, 3.05) is 0 Å². The SMILES string of the molecule is C/C=C(/C)C(=O)O[C@@H]1c2c(C)coc2C(=O)[C@@H]2CCC[C@@](C)(O)[C@@]12C. The van der Waals surface area contributed by atoms with Crippen molar-refractivity contribution in [2.24, 2.45) is 11.3 Å². The highest BCUT2D eigenvalue weighted by atomic mass is 16.5. The van der Waals surface area contributed by atoms with Crippen LogP contribution in [0, 0.1) is 18.3 Å². The summed E-state index contributed by atoms with van der Waals surface area (Å²) in [5, 5.41) is 11.2. The molecule has 0 saturated heterocycles. The molecule has 1 heterocycles. The molecule has 0 aliphatic heterocycles. The van der Waals surface area contributed by atoms with Crippen LogP contribution in [0.2, 0.25) is 0 Å². The molecule has 1 N–H and O–H groups in total. The molecule has 5 nitrogen and oxygen atoms in total. The van der Waals surface area contributed by atoms with Gasteiger partial charge in [0, 0.05) is 22.5 Å². The van der Waals surface area contributed by atoms with Gasteiger partial charge in [0.05, 0.1) is 11.9 Å². The summed E-state index contributed by atoms with van der Waals surface area (Å²) >= 11 is 0. The van der Waals surface area contributed by atoms with E-state index < -0.39 is 29.0 Å². The quantitative estimate of drug-likeness (QED) is 0.649. The molecule has 2 aliphatic rings. The van der Waals surface area contributed by atoms with Crippen LogP contribution >= 0.6 is 0 Å². The number of hydrogen-bond acceptors (Lipinski definition) is 5. The van der Waals surface area contributed by atoms with E-state index in [0.29, 0.717) is 24.0 Å². The van der Waals surface area contributed by atoms with Crippen LogP contribution in [0.4, 0.5) is 0 Å². The average molecular weight is 346 g/mol. The van der Waals surface area contributed by atoms with E-state index >= 15 is 0 Å². The van der Waals surface area contributed by atoms with Crippen LogP contribution in [-0.2, 0) is 9.53 Å². The van der Waals surface area contributed by atoms with Gasteiger partial charge in [0.25, 0.3) is 0 Å². The number of aliphatic hydroxyl groups is 1. The number of esters is 1. The number of ketones is 1. The van der Waals surface area contributed by atoms with Crippen molar-refractivity contribution >= 4 is 11.8 Å². The fourth-order valence-electron chi connectivity index (χ4n) is 4.39. The van der Waals surface area contributed by atoms with Crippen LogP contribution < -0.4 is 0 Å². The molecule has 0 amide bonds. The molecule has 136 valence electrons. The van der Waals surface area contributed by atoms with Gasteiger partial charge >= 0.3 is 5.97 Å². The van der Waals surface area contributed by atoms with Crippen LogP contribution in [0.1, 0.15) is 74.7 Å². The number of Topliss-reactive ketones (excluding diaryl/α,β-unsaturated/α-hetero) is 1. The van der Waals surface area contributed by atoms with E-state index in [0.717, 1.165) is 12.0 Å². The van der Waals surface area contributed by atoms with Crippen molar-refractivity contribution in [3.63, 3.8) is 0 Å². The summed E-state index contributed by atoms with van der Waals surface area (Å²) in [7, 11) is 0. The van der Waals surface area contributed by atoms with E-state index in [1.54, 1.807) is 26.8 Å². The molecule has 2 aliphatic carbocycles. The Morgan fingerprint density at radius 3 is 2.76 bits per heavy atom. The smallest absolute Gasteiger partial charge is 0.334 e. The maximum Gasteiger partial charge on any atom is 0.334 e. The monoisotopic (exact) mass is 346 g/mol. The third-order valence-corrected chi connectivity index (χ3v) is 6.39. The Balaban J connectivity index is 2.19. The molecule has 0 spiro atoms. The zero-order valence-corrected chi connectivity index (χ0v) is 15.5. The standard InChI is InChI=1S/C20H26O5/c1-6-11(2)18(22)25-17-14-12(3)10-24-16(14)15(21)13-8-7-9-19(4,23)20(13,17)5/h6,10,13,17,23H,7-9H2,1-5H3/b11-6-/t13-,17+,19+,20+/m0/s1. The van der Waals surface area contributed by atoms with Crippen LogP contribution in [0.15, 0.2) is 22.3 Å². The lowest BCUT2D eigenvalue weighted by atomic mass is 9.51. The van der Waals surface area contributed by atoms with Crippen LogP contribution in [0.25, 0.3) is 0 Å². The number of ether oxygens (including phenoxy) is 1. The number of rotatable bonds is 2. The molecule has 0 radical (unpaired) electrons. The highest BCUT2D eigenvalue weighted by Crippen LogP contribution is 2.61. The Morgan fingerprint density at radius 2 is 2.12 bits per heavy atom. The zero-order valence-electron chi connectivity index (χ0n) is 15.5. The first-order valence-electron chi connectivity index (χ1n) is 8.83. The summed E-state index contributed by atoms with van der Waals surface area (Å²) < 4.78 is 11.4. The second-order valence-electron chi connectivity index (χ2n) is 7.78. The molecule has 0 unspecified atom stereocenters. The molecule has 1 aromatic rings. The summed E-state index contributed by atoms with van der Waals surface area (Å²) in [6.45, 7) is 8.92. The van der Waals surface area contributed by atoms with Crippen LogP contribution in [-0.4, -0.2) is 22.5 Å². The molecule has 3 rings (SSSR count). The van der Waals surface area contributed by atoms with Gasteiger partial charge in [0.1, 0.15) is 6.10 Å². The highest BCUT2D eigenvalue weighted by molar-refractivity contribution is 5.99. The Morgan fingerprint density at radius 1 is 1.44 bits per heavy atom. The van der Waals surface area contributed by atoms with Crippen LogP contribution in [0.3, 0.4) is 0 Å². The number of furan rings is 1. The predicted molar refractivity (Wildman–Crippen MR) is 92.1 cm³/mol. The molecular formula is C20H26O5. The maximum atomic E-state index is 13.0. The molecule has 1 saturated carbocycles. The first-order chi connectivity index (χ1) is 11.6. The lowest BCUT2D eigenvalue weighted by Crippen LogP contribution is -2.59. The Hall–Kier alpha value is -1.88. The predicted octanol–water partition coefficient (Wildman–Crippen LogP) is 3.89. The molecule has 0 aromatic carbocycles. The summed E-state index contributed by atoms with van der Waals surface area (Å²) in [6, 6.07) is 0. The van der Waals surface area contributed by atoms with Crippen molar-refractivity contribution in [3.8, 4) is 0 Å². The van der Waals surface area contributed by atoms with E-state index in [9.17, 15) is 14.7 Å². The second kappa shape index (κ2) is 5.84. The third-order valence-electron chi connectivity index (χ3n) is 6.39. The fraction of sp³-hybridized carbons (Fsp3) is 0.600. The van der Waals surface area contributed by atoms with Crippen LogP contribution in [0.5, 0.6) is 0 Å². The summed E-state index contributed by atoms with van der Waals surface area (Å²) in [5.41, 5.74) is -0.159. The van der Waals surface area contributed by atoms with Gasteiger partial charge in [-0.2, -0.15) is 0 Å². The van der Waals surface area contributed by atoms with E-state index in [1.807, 2.05) is 13.8 Å². The molecule has 5 heteroatoms. The average Bonchev–Trinajstić information content (AvgIpc) is 2.94. The van der Waals surface area contributed by atoms with Crippen molar-refractivity contribution in [3.05, 3.63) is 34.8 Å². The Labute approximate surface area is 148 Å². The first-order valence-corrected chi connectivity index (χ1v) is 8.83. The summed E-state index contributed by atoms with van der Waals surface area (Å²) in [6.07, 6.45) is 4.47. The topological polar surface area (TPSA) is 76.7 Å². The number of aryl methyl sites for hydroxylation is 1. The summed E-state index contributed by atoms with van der Waals surface area (Å²) in [4.78, 5) is 25.5. The number of hydrogen-bond donors (Lipinski definition) is 1. The summed E-state index contributed by atoms with van der Waals surface area (Å²) in [5.74, 6) is -0.693. The fourth-order valence-corrected chi connectivity index (χ4v) is 4.39. The van der Waals surface area contributed by atoms with Gasteiger partial charge in [-0.3, -0.25) is 4.79 Å². The van der Waals surface area contributed by atoms with Crippen molar-refractivity contribution < 1.29 is 23.8 Å². The van der Waals surface area contributed by atoms with E-state index in [2.05, 4.69) is 0 Å². The molecule has 25 heavy (non-hydrogen) atoms. The van der Waals surface area contributed by atoms with Gasteiger partial charge in [-0.15, -0.1) is 0 Å².